The molecule has 1 atom stereocenters. The quantitative estimate of drug-likeness (QED) is 0.566. The van der Waals surface area contributed by atoms with Crippen molar-refractivity contribution in [3.05, 3.63) is 70.4 Å². The van der Waals surface area contributed by atoms with Crippen molar-refractivity contribution in [3.63, 3.8) is 0 Å². The second-order valence-corrected chi connectivity index (χ2v) is 8.40. The fourth-order valence-corrected chi connectivity index (χ4v) is 3.54. The Morgan fingerprint density at radius 1 is 1.00 bits per heavy atom. The molecule has 4 amide bonds. The van der Waals surface area contributed by atoms with Crippen LogP contribution in [0.3, 0.4) is 0 Å². The van der Waals surface area contributed by atoms with E-state index in [0.717, 1.165) is 11.1 Å². The van der Waals surface area contributed by atoms with Crippen LogP contribution >= 0.6 is 0 Å². The Morgan fingerprint density at radius 2 is 1.67 bits per heavy atom. The molecule has 3 rings (SSSR count). The van der Waals surface area contributed by atoms with Gasteiger partial charge in [-0.05, 0) is 75.6 Å². The van der Waals surface area contributed by atoms with Gasteiger partial charge in [-0.3, -0.25) is 0 Å². The maximum absolute atomic E-state index is 12.8. The summed E-state index contributed by atoms with van der Waals surface area (Å²) >= 11 is 0. The molecule has 3 N–H and O–H groups in total. The van der Waals surface area contributed by atoms with Gasteiger partial charge in [0.1, 0.15) is 0 Å². The van der Waals surface area contributed by atoms with Gasteiger partial charge in [0.2, 0.25) is 0 Å². The second kappa shape index (κ2) is 9.77. The molecule has 2 aromatic carbocycles. The third kappa shape index (κ3) is 5.52. The van der Waals surface area contributed by atoms with Gasteiger partial charge in [0.15, 0.2) is 0 Å². The Morgan fingerprint density at radius 3 is 2.30 bits per heavy atom. The summed E-state index contributed by atoms with van der Waals surface area (Å²) in [6, 6.07) is 11.3. The van der Waals surface area contributed by atoms with E-state index >= 15 is 0 Å². The van der Waals surface area contributed by atoms with Gasteiger partial charge < -0.3 is 25.6 Å². The first-order chi connectivity index (χ1) is 15.6. The summed E-state index contributed by atoms with van der Waals surface area (Å²) in [7, 11) is 1.60. The van der Waals surface area contributed by atoms with Gasteiger partial charge in [0.05, 0.1) is 17.7 Å². The summed E-state index contributed by atoms with van der Waals surface area (Å²) in [6.45, 7) is 9.24. The van der Waals surface area contributed by atoms with Crippen LogP contribution in [0.25, 0.3) is 0 Å². The molecule has 8 nitrogen and oxygen atoms in total. The van der Waals surface area contributed by atoms with Crippen LogP contribution in [-0.4, -0.2) is 36.1 Å². The number of amides is 4. The maximum Gasteiger partial charge on any atom is 0.338 e. The Bertz CT molecular complexity index is 1120. The van der Waals surface area contributed by atoms with Gasteiger partial charge in [-0.15, -0.1) is 0 Å². The maximum atomic E-state index is 12.8. The molecule has 1 heterocycles. The molecule has 0 bridgehead atoms. The molecule has 1 aliphatic heterocycles. The average molecular weight is 451 g/mol. The van der Waals surface area contributed by atoms with Gasteiger partial charge in [-0.1, -0.05) is 18.2 Å². The number of nitrogens with zero attached hydrogens (tertiary/aromatic N) is 1. The number of aryl methyl sites for hydroxylation is 2. The van der Waals surface area contributed by atoms with Crippen LogP contribution < -0.4 is 16.0 Å². The molecule has 2 aromatic rings. The number of carbonyl (C=O) groups excluding carboxylic acids is 3. The normalized spacial score (nSPS) is 15.9. The van der Waals surface area contributed by atoms with E-state index in [1.807, 2.05) is 32.0 Å². The molecule has 8 heteroatoms. The smallest absolute Gasteiger partial charge is 0.338 e. The molecular weight excluding hydrogens is 420 g/mol. The van der Waals surface area contributed by atoms with Gasteiger partial charge in [-0.25, -0.2) is 14.4 Å². The largest absolute Gasteiger partial charge is 0.459 e. The number of esters is 1. The number of benzene rings is 2. The molecule has 0 saturated heterocycles. The van der Waals surface area contributed by atoms with Gasteiger partial charge in [-0.2, -0.15) is 0 Å². The standard InChI is InChI=1S/C25H30N4O4/c1-14(2)33-23(30)21-17(5)29(6)25(32)28-22(21)18-8-7-9-19(13-18)26-24(31)27-20-11-10-15(3)16(4)12-20/h7-14,22H,1-6H3,(H,28,32)(H2,26,27,31). The highest BCUT2D eigenvalue weighted by molar-refractivity contribution is 6.00. The summed E-state index contributed by atoms with van der Waals surface area (Å²) in [5.74, 6) is -0.495. The average Bonchev–Trinajstić information content (AvgIpc) is 2.74. The topological polar surface area (TPSA) is 99.8 Å². The third-order valence-electron chi connectivity index (χ3n) is 5.56. The third-order valence-corrected chi connectivity index (χ3v) is 5.56. The molecule has 0 saturated carbocycles. The molecule has 0 radical (unpaired) electrons. The number of hydrogen-bond acceptors (Lipinski definition) is 4. The minimum absolute atomic E-state index is 0.302. The lowest BCUT2D eigenvalue weighted by Crippen LogP contribution is -2.46. The Hall–Kier alpha value is -3.81. The van der Waals surface area contributed by atoms with Crippen LogP contribution in [0, 0.1) is 13.8 Å². The fraction of sp³-hybridized carbons (Fsp3) is 0.320. The van der Waals surface area contributed by atoms with Gasteiger partial charge >= 0.3 is 18.0 Å². The lowest BCUT2D eigenvalue weighted by atomic mass is 9.94. The summed E-state index contributed by atoms with van der Waals surface area (Å²) in [5, 5.41) is 8.47. The van der Waals surface area contributed by atoms with Crippen LogP contribution in [-0.2, 0) is 9.53 Å². The van der Waals surface area contributed by atoms with E-state index in [0.29, 0.717) is 28.2 Å². The van der Waals surface area contributed by atoms with Crippen LogP contribution in [0.4, 0.5) is 21.0 Å². The molecule has 1 aliphatic rings. The minimum Gasteiger partial charge on any atom is -0.459 e. The van der Waals surface area contributed by atoms with E-state index < -0.39 is 18.0 Å². The Labute approximate surface area is 194 Å². The van der Waals surface area contributed by atoms with Crippen molar-refractivity contribution in [2.75, 3.05) is 17.7 Å². The lowest BCUT2D eigenvalue weighted by molar-refractivity contribution is -0.143. The van der Waals surface area contributed by atoms with E-state index in [-0.39, 0.29) is 12.1 Å². The van der Waals surface area contributed by atoms with E-state index in [4.69, 9.17) is 4.74 Å². The molecule has 33 heavy (non-hydrogen) atoms. The highest BCUT2D eigenvalue weighted by atomic mass is 16.5. The summed E-state index contributed by atoms with van der Waals surface area (Å²) in [5.41, 5.74) is 4.95. The van der Waals surface area contributed by atoms with E-state index in [1.165, 1.54) is 4.90 Å². The van der Waals surface area contributed by atoms with Crippen molar-refractivity contribution in [1.29, 1.82) is 0 Å². The summed E-state index contributed by atoms with van der Waals surface area (Å²) in [6.07, 6.45) is -0.302. The zero-order valence-corrected chi connectivity index (χ0v) is 19.8. The first kappa shape index (κ1) is 23.8. The lowest BCUT2D eigenvalue weighted by Gasteiger charge is -2.33. The fourth-order valence-electron chi connectivity index (χ4n) is 3.54. The molecule has 0 aliphatic carbocycles. The Kier molecular flexibility index (Phi) is 7.06. The number of allylic oxidation sites excluding steroid dienone is 1. The number of carbonyl (C=O) groups is 3. The Balaban J connectivity index is 1.84. The van der Waals surface area contributed by atoms with Gasteiger partial charge in [0, 0.05) is 24.1 Å². The van der Waals surface area contributed by atoms with Gasteiger partial charge in [0.25, 0.3) is 0 Å². The molecule has 0 fully saturated rings. The predicted octanol–water partition coefficient (Wildman–Crippen LogP) is 4.87. The van der Waals surface area contributed by atoms with E-state index in [2.05, 4.69) is 16.0 Å². The number of urea groups is 2. The zero-order chi connectivity index (χ0) is 24.3. The van der Waals surface area contributed by atoms with Crippen molar-refractivity contribution in [1.82, 2.24) is 10.2 Å². The van der Waals surface area contributed by atoms with E-state index in [9.17, 15) is 14.4 Å². The van der Waals surface area contributed by atoms with Crippen molar-refractivity contribution in [2.45, 2.75) is 46.8 Å². The monoisotopic (exact) mass is 450 g/mol. The molecule has 0 spiro atoms. The second-order valence-electron chi connectivity index (χ2n) is 8.40. The van der Waals surface area contributed by atoms with E-state index in [1.54, 1.807) is 52.1 Å². The number of anilines is 2. The number of hydrogen-bond donors (Lipinski definition) is 3. The number of rotatable bonds is 5. The van der Waals surface area contributed by atoms with Crippen molar-refractivity contribution in [2.24, 2.45) is 0 Å². The van der Waals surface area contributed by atoms with Crippen LogP contribution in [0.5, 0.6) is 0 Å². The molecule has 0 aromatic heterocycles. The first-order valence-electron chi connectivity index (χ1n) is 10.8. The number of ether oxygens (including phenoxy) is 1. The summed E-state index contributed by atoms with van der Waals surface area (Å²) < 4.78 is 5.42. The molecule has 174 valence electrons. The first-order valence-corrected chi connectivity index (χ1v) is 10.8. The number of nitrogens with one attached hydrogen (secondary N) is 3. The highest BCUT2D eigenvalue weighted by Crippen LogP contribution is 2.32. The van der Waals surface area contributed by atoms with Crippen LogP contribution in [0.2, 0.25) is 0 Å². The molecular formula is C25H30N4O4. The van der Waals surface area contributed by atoms with Crippen molar-refractivity contribution in [3.8, 4) is 0 Å². The van der Waals surface area contributed by atoms with Crippen molar-refractivity contribution < 1.29 is 19.1 Å². The molecule has 1 unspecified atom stereocenters. The van der Waals surface area contributed by atoms with Crippen LogP contribution in [0.1, 0.15) is 43.5 Å². The SMILES string of the molecule is CC1=C(C(=O)OC(C)C)C(c2cccc(NC(=O)Nc3ccc(C)c(C)c3)c2)NC(=O)N1C. The van der Waals surface area contributed by atoms with Crippen molar-refractivity contribution >= 4 is 29.4 Å². The minimum atomic E-state index is -0.704. The van der Waals surface area contributed by atoms with Crippen LogP contribution in [0.15, 0.2) is 53.7 Å². The highest BCUT2D eigenvalue weighted by Gasteiger charge is 2.35. The zero-order valence-electron chi connectivity index (χ0n) is 19.8. The predicted molar refractivity (Wildman–Crippen MR) is 128 cm³/mol. The summed E-state index contributed by atoms with van der Waals surface area (Å²) in [4.78, 5) is 39.2.